The minimum atomic E-state index is -0.594. The molecule has 0 bridgehead atoms. The van der Waals surface area contributed by atoms with E-state index in [4.69, 9.17) is 0 Å². The quantitative estimate of drug-likeness (QED) is 0.665. The summed E-state index contributed by atoms with van der Waals surface area (Å²) in [6.45, 7) is 1.84. The Kier molecular flexibility index (Phi) is 2.31. The maximum Gasteiger partial charge on any atom is 0.131 e. The minimum Gasteiger partial charge on any atom is -0.508 e. The molecule has 2 aromatic carbocycles. The van der Waals surface area contributed by atoms with Crippen LogP contribution >= 0.6 is 0 Å². The lowest BCUT2D eigenvalue weighted by Gasteiger charge is -2.20. The first kappa shape index (κ1) is 11.1. The zero-order valence-electron chi connectivity index (χ0n) is 10.0. The third-order valence-electron chi connectivity index (χ3n) is 3.47. The van der Waals surface area contributed by atoms with Gasteiger partial charge in [0, 0.05) is 10.9 Å². The SMILES string of the molecule is Cc1cc(O)cc2cc3c(c(O)c12)C=CCC3O. The van der Waals surface area contributed by atoms with E-state index in [0.717, 1.165) is 16.3 Å². The second-order valence-electron chi connectivity index (χ2n) is 4.74. The average Bonchev–Trinajstić information content (AvgIpc) is 2.30. The molecule has 0 spiro atoms. The van der Waals surface area contributed by atoms with E-state index >= 15 is 0 Å². The molecule has 0 radical (unpaired) electrons. The summed E-state index contributed by atoms with van der Waals surface area (Å²) >= 11 is 0. The summed E-state index contributed by atoms with van der Waals surface area (Å²) in [5.74, 6) is 0.343. The predicted molar refractivity (Wildman–Crippen MR) is 70.6 cm³/mol. The number of hydrogen-bond donors (Lipinski definition) is 3. The average molecular weight is 242 g/mol. The zero-order chi connectivity index (χ0) is 12.9. The Balaban J connectivity index is 2.45. The Morgan fingerprint density at radius 3 is 2.72 bits per heavy atom. The molecule has 3 N–H and O–H groups in total. The molecular weight excluding hydrogens is 228 g/mol. The number of aliphatic hydroxyl groups excluding tert-OH is 1. The summed E-state index contributed by atoms with van der Waals surface area (Å²) in [4.78, 5) is 0. The number of aliphatic hydroxyl groups is 1. The Morgan fingerprint density at radius 2 is 1.94 bits per heavy atom. The summed E-state index contributed by atoms with van der Waals surface area (Å²) in [7, 11) is 0. The van der Waals surface area contributed by atoms with E-state index in [9.17, 15) is 15.3 Å². The van der Waals surface area contributed by atoms with Crippen LogP contribution in [-0.4, -0.2) is 15.3 Å². The van der Waals surface area contributed by atoms with E-state index in [1.807, 2.05) is 25.1 Å². The molecule has 1 aliphatic carbocycles. The highest BCUT2D eigenvalue weighted by atomic mass is 16.3. The third-order valence-corrected chi connectivity index (χ3v) is 3.47. The number of hydrogen-bond acceptors (Lipinski definition) is 3. The van der Waals surface area contributed by atoms with Crippen LogP contribution in [0.25, 0.3) is 16.8 Å². The molecule has 0 saturated heterocycles. The monoisotopic (exact) mass is 242 g/mol. The van der Waals surface area contributed by atoms with Crippen LogP contribution in [0.15, 0.2) is 24.3 Å². The third kappa shape index (κ3) is 1.48. The minimum absolute atomic E-state index is 0.167. The highest BCUT2D eigenvalue weighted by Gasteiger charge is 2.20. The first-order valence-electron chi connectivity index (χ1n) is 5.91. The van der Waals surface area contributed by atoms with Crippen LogP contribution in [0, 0.1) is 6.92 Å². The Bertz CT molecular complexity index is 671. The van der Waals surface area contributed by atoms with E-state index in [1.54, 1.807) is 12.1 Å². The van der Waals surface area contributed by atoms with Crippen molar-refractivity contribution in [1.82, 2.24) is 0 Å². The van der Waals surface area contributed by atoms with Crippen molar-refractivity contribution in [2.75, 3.05) is 0 Å². The Morgan fingerprint density at radius 1 is 1.17 bits per heavy atom. The largest absolute Gasteiger partial charge is 0.508 e. The van der Waals surface area contributed by atoms with E-state index < -0.39 is 6.10 Å². The summed E-state index contributed by atoms with van der Waals surface area (Å²) in [6, 6.07) is 5.07. The van der Waals surface area contributed by atoms with Crippen molar-refractivity contribution in [3.8, 4) is 11.5 Å². The van der Waals surface area contributed by atoms with Crippen molar-refractivity contribution < 1.29 is 15.3 Å². The van der Waals surface area contributed by atoms with Crippen LogP contribution < -0.4 is 0 Å². The van der Waals surface area contributed by atoms with Crippen LogP contribution in [0.1, 0.15) is 29.2 Å². The van der Waals surface area contributed by atoms with Gasteiger partial charge in [-0.2, -0.15) is 0 Å². The maximum absolute atomic E-state index is 10.3. The van der Waals surface area contributed by atoms with Crippen molar-refractivity contribution in [1.29, 1.82) is 0 Å². The zero-order valence-corrected chi connectivity index (χ0v) is 10.0. The van der Waals surface area contributed by atoms with Crippen LogP contribution in [0.5, 0.6) is 11.5 Å². The molecule has 92 valence electrons. The van der Waals surface area contributed by atoms with E-state index in [2.05, 4.69) is 0 Å². The van der Waals surface area contributed by atoms with Crippen molar-refractivity contribution >= 4 is 16.8 Å². The number of aromatic hydroxyl groups is 2. The number of phenols is 2. The number of phenolic OH excluding ortho intramolecular Hbond substituents is 2. The lowest BCUT2D eigenvalue weighted by atomic mass is 9.89. The summed E-state index contributed by atoms with van der Waals surface area (Å²) < 4.78 is 0. The summed E-state index contributed by atoms with van der Waals surface area (Å²) in [5.41, 5.74) is 2.21. The lowest BCUT2D eigenvalue weighted by molar-refractivity contribution is 0.180. The molecule has 0 fully saturated rings. The van der Waals surface area contributed by atoms with Crippen LogP contribution in [0.2, 0.25) is 0 Å². The molecular formula is C15H14O3. The van der Waals surface area contributed by atoms with Gasteiger partial charge in [0.2, 0.25) is 0 Å². The summed E-state index contributed by atoms with van der Waals surface area (Å²) in [5, 5.41) is 31.4. The van der Waals surface area contributed by atoms with Gasteiger partial charge in [-0.3, -0.25) is 0 Å². The van der Waals surface area contributed by atoms with Gasteiger partial charge in [-0.25, -0.2) is 0 Å². The van der Waals surface area contributed by atoms with Gasteiger partial charge in [0.1, 0.15) is 11.5 Å². The van der Waals surface area contributed by atoms with Gasteiger partial charge in [0.25, 0.3) is 0 Å². The number of benzene rings is 2. The van der Waals surface area contributed by atoms with Gasteiger partial charge in [-0.1, -0.05) is 12.2 Å². The fraction of sp³-hybridized carbons (Fsp3) is 0.200. The van der Waals surface area contributed by atoms with Gasteiger partial charge in [0.05, 0.1) is 6.10 Å². The van der Waals surface area contributed by atoms with Crippen LogP contribution in [0.3, 0.4) is 0 Å². The highest BCUT2D eigenvalue weighted by molar-refractivity contribution is 5.96. The molecule has 1 aliphatic rings. The molecule has 2 aromatic rings. The first-order valence-corrected chi connectivity index (χ1v) is 5.91. The normalized spacial score (nSPS) is 18.0. The molecule has 3 heteroatoms. The standard InChI is InChI=1S/C15H14O3/c1-8-5-10(16)6-9-7-12-11(15(18)14(8)9)3-2-4-13(12)17/h2-3,5-7,13,16-18H,4H2,1H3. The second kappa shape index (κ2) is 3.75. The van der Waals surface area contributed by atoms with Gasteiger partial charge in [-0.15, -0.1) is 0 Å². The Labute approximate surface area is 105 Å². The Hall–Kier alpha value is -2.00. The number of rotatable bonds is 0. The van der Waals surface area contributed by atoms with Crippen LogP contribution in [-0.2, 0) is 0 Å². The molecule has 0 saturated carbocycles. The van der Waals surface area contributed by atoms with Gasteiger partial charge < -0.3 is 15.3 Å². The number of aryl methyl sites for hydroxylation is 1. The van der Waals surface area contributed by atoms with Gasteiger partial charge in [-0.05, 0) is 48.1 Å². The number of fused-ring (bicyclic) bond motifs is 2. The van der Waals surface area contributed by atoms with Crippen LogP contribution in [0.4, 0.5) is 0 Å². The second-order valence-corrected chi connectivity index (χ2v) is 4.74. The summed E-state index contributed by atoms with van der Waals surface area (Å²) in [6.07, 6.45) is 3.65. The smallest absolute Gasteiger partial charge is 0.131 e. The van der Waals surface area contributed by atoms with Gasteiger partial charge in [0.15, 0.2) is 0 Å². The molecule has 0 heterocycles. The topological polar surface area (TPSA) is 60.7 Å². The molecule has 3 rings (SSSR count). The molecule has 3 nitrogen and oxygen atoms in total. The van der Waals surface area contributed by atoms with Gasteiger partial charge >= 0.3 is 0 Å². The van der Waals surface area contributed by atoms with Crippen molar-refractivity contribution in [3.05, 3.63) is 41.0 Å². The first-order chi connectivity index (χ1) is 8.58. The molecule has 1 atom stereocenters. The molecule has 0 amide bonds. The van der Waals surface area contributed by atoms with E-state index in [0.29, 0.717) is 17.5 Å². The predicted octanol–water partition coefficient (Wildman–Crippen LogP) is 3.01. The fourth-order valence-corrected chi connectivity index (χ4v) is 2.64. The van der Waals surface area contributed by atoms with Crippen molar-refractivity contribution in [2.24, 2.45) is 0 Å². The van der Waals surface area contributed by atoms with E-state index in [-0.39, 0.29) is 11.5 Å². The van der Waals surface area contributed by atoms with Crippen molar-refractivity contribution in [2.45, 2.75) is 19.4 Å². The molecule has 1 unspecified atom stereocenters. The molecule has 0 aromatic heterocycles. The maximum atomic E-state index is 10.3. The highest BCUT2D eigenvalue weighted by Crippen LogP contribution is 2.41. The molecule has 0 aliphatic heterocycles. The van der Waals surface area contributed by atoms with E-state index in [1.165, 1.54) is 0 Å². The molecule has 18 heavy (non-hydrogen) atoms. The lowest BCUT2D eigenvalue weighted by Crippen LogP contribution is -2.03. The fourth-order valence-electron chi connectivity index (χ4n) is 2.64. The van der Waals surface area contributed by atoms with Crippen molar-refractivity contribution in [3.63, 3.8) is 0 Å².